The zero-order valence-corrected chi connectivity index (χ0v) is 21.8. The van der Waals surface area contributed by atoms with Crippen molar-refractivity contribution in [1.29, 1.82) is 0 Å². The predicted molar refractivity (Wildman–Crippen MR) is 148 cm³/mol. The van der Waals surface area contributed by atoms with Gasteiger partial charge in [-0.2, -0.15) is 0 Å². The van der Waals surface area contributed by atoms with Crippen LogP contribution in [0.25, 0.3) is 11.1 Å². The second-order valence-electron chi connectivity index (χ2n) is 9.71. The molecule has 192 valence electrons. The molecule has 3 aromatic carbocycles. The Kier molecular flexibility index (Phi) is 7.90. The van der Waals surface area contributed by atoms with Gasteiger partial charge in [0.1, 0.15) is 23.9 Å². The van der Waals surface area contributed by atoms with Crippen molar-refractivity contribution in [3.8, 4) is 17.2 Å². The molecule has 0 saturated carbocycles. The number of hydrogen-bond acceptors (Lipinski definition) is 5. The molecule has 1 aliphatic carbocycles. The van der Waals surface area contributed by atoms with Gasteiger partial charge in [-0.05, 0) is 110 Å². The lowest BCUT2D eigenvalue weighted by atomic mass is 9.79. The summed E-state index contributed by atoms with van der Waals surface area (Å²) in [7, 11) is 3.33. The number of fused-ring (bicyclic) bond motifs is 1. The number of carbonyl (C=O) groups is 1. The van der Waals surface area contributed by atoms with Gasteiger partial charge in [0.25, 0.3) is 0 Å². The van der Waals surface area contributed by atoms with Gasteiger partial charge in [0.15, 0.2) is 5.78 Å². The van der Waals surface area contributed by atoms with Crippen LogP contribution in [0.1, 0.15) is 52.7 Å². The van der Waals surface area contributed by atoms with E-state index in [0.717, 1.165) is 77.6 Å². The summed E-state index contributed by atoms with van der Waals surface area (Å²) in [4.78, 5) is 16.5. The number of rotatable bonds is 9. The van der Waals surface area contributed by atoms with Gasteiger partial charge in [0.2, 0.25) is 0 Å². The molecule has 1 heterocycles. The van der Waals surface area contributed by atoms with Crippen LogP contribution in [0.5, 0.6) is 17.2 Å². The lowest BCUT2D eigenvalue weighted by Crippen LogP contribution is -2.33. The first-order chi connectivity index (χ1) is 18.2. The summed E-state index contributed by atoms with van der Waals surface area (Å²) in [6, 6.07) is 21.6. The molecule has 37 heavy (non-hydrogen) atoms. The van der Waals surface area contributed by atoms with E-state index in [4.69, 9.17) is 14.2 Å². The number of piperidine rings is 1. The first-order valence-corrected chi connectivity index (χ1v) is 13.2. The minimum atomic E-state index is 0.0248. The van der Waals surface area contributed by atoms with Gasteiger partial charge < -0.3 is 14.2 Å². The molecule has 1 fully saturated rings. The number of hydrogen-bond donors (Lipinski definition) is 0. The average molecular weight is 498 g/mol. The SMILES string of the molecule is COc1ccc(C2=C(C(=O)c3ccc(OCCN4CCCCC4)cc3)c3ccc(OC)cc3CC2)cc1. The highest BCUT2D eigenvalue weighted by atomic mass is 16.5. The van der Waals surface area contributed by atoms with E-state index in [1.54, 1.807) is 14.2 Å². The summed E-state index contributed by atoms with van der Waals surface area (Å²) >= 11 is 0. The van der Waals surface area contributed by atoms with Gasteiger partial charge >= 0.3 is 0 Å². The Morgan fingerprint density at radius 2 is 1.46 bits per heavy atom. The maximum atomic E-state index is 14.0. The van der Waals surface area contributed by atoms with Crippen LogP contribution in [0.4, 0.5) is 0 Å². The van der Waals surface area contributed by atoms with Gasteiger partial charge in [-0.1, -0.05) is 24.6 Å². The quantitative estimate of drug-likeness (QED) is 0.324. The van der Waals surface area contributed by atoms with Crippen LogP contribution in [0.2, 0.25) is 0 Å². The number of likely N-dealkylation sites (tertiary alicyclic amines) is 1. The topological polar surface area (TPSA) is 48.0 Å². The van der Waals surface area contributed by atoms with Crippen LogP contribution in [0, 0.1) is 0 Å². The van der Waals surface area contributed by atoms with E-state index >= 15 is 0 Å². The summed E-state index contributed by atoms with van der Waals surface area (Å²) in [6.45, 7) is 3.93. The Balaban J connectivity index is 1.40. The molecule has 0 aromatic heterocycles. The van der Waals surface area contributed by atoms with Crippen molar-refractivity contribution in [2.24, 2.45) is 0 Å². The highest BCUT2D eigenvalue weighted by Crippen LogP contribution is 2.40. The van der Waals surface area contributed by atoms with E-state index in [9.17, 15) is 4.79 Å². The van der Waals surface area contributed by atoms with Crippen molar-refractivity contribution in [2.45, 2.75) is 32.1 Å². The molecule has 0 N–H and O–H groups in total. The van der Waals surface area contributed by atoms with Gasteiger partial charge in [-0.15, -0.1) is 0 Å². The number of ether oxygens (including phenoxy) is 3. The monoisotopic (exact) mass is 497 g/mol. The Morgan fingerprint density at radius 1 is 0.784 bits per heavy atom. The second-order valence-corrected chi connectivity index (χ2v) is 9.71. The lowest BCUT2D eigenvalue weighted by molar-refractivity contribution is 0.105. The van der Waals surface area contributed by atoms with E-state index in [1.165, 1.54) is 19.3 Å². The highest BCUT2D eigenvalue weighted by molar-refractivity contribution is 6.35. The molecule has 5 rings (SSSR count). The summed E-state index contributed by atoms with van der Waals surface area (Å²) < 4.78 is 16.8. The molecule has 3 aromatic rings. The number of methoxy groups -OCH3 is 2. The third-order valence-electron chi connectivity index (χ3n) is 7.43. The number of nitrogens with zero attached hydrogens (tertiary/aromatic N) is 1. The van der Waals surface area contributed by atoms with Gasteiger partial charge in [0, 0.05) is 17.7 Å². The molecule has 1 aliphatic heterocycles. The Labute approximate surface area is 219 Å². The molecular formula is C32H35NO4. The van der Waals surface area contributed by atoms with Crippen molar-refractivity contribution >= 4 is 16.9 Å². The Hall–Kier alpha value is -3.57. The number of ketones is 1. The molecular weight excluding hydrogens is 462 g/mol. The maximum absolute atomic E-state index is 14.0. The smallest absolute Gasteiger partial charge is 0.193 e. The van der Waals surface area contributed by atoms with Crippen molar-refractivity contribution < 1.29 is 19.0 Å². The van der Waals surface area contributed by atoms with Crippen LogP contribution >= 0.6 is 0 Å². The maximum Gasteiger partial charge on any atom is 0.193 e. The molecule has 0 radical (unpaired) electrons. The van der Waals surface area contributed by atoms with E-state index in [-0.39, 0.29) is 5.78 Å². The molecule has 0 spiro atoms. The standard InChI is InChI=1S/C32H35NO4/c1-35-26-11-6-23(7-12-26)29-16-10-25-22-28(36-2)15-17-30(25)31(29)32(34)24-8-13-27(14-9-24)37-21-20-33-18-4-3-5-19-33/h6-9,11-15,17,22H,3-5,10,16,18-21H2,1-2H3. The fourth-order valence-corrected chi connectivity index (χ4v) is 5.36. The number of Topliss-reactive ketones (excluding diaryl/α,β-unsaturated/α-hetero) is 1. The normalized spacial score (nSPS) is 15.7. The van der Waals surface area contributed by atoms with Crippen LogP contribution in [-0.4, -0.2) is 51.1 Å². The molecule has 2 aliphatic rings. The minimum Gasteiger partial charge on any atom is -0.497 e. The summed E-state index contributed by atoms with van der Waals surface area (Å²) in [5.74, 6) is 2.43. The molecule has 0 unspecified atom stereocenters. The molecule has 1 saturated heterocycles. The van der Waals surface area contributed by atoms with E-state index in [2.05, 4.69) is 4.90 Å². The second kappa shape index (κ2) is 11.7. The number of benzene rings is 3. The zero-order valence-electron chi connectivity index (χ0n) is 21.8. The molecule has 0 bridgehead atoms. The molecule has 5 nitrogen and oxygen atoms in total. The Morgan fingerprint density at radius 3 is 2.16 bits per heavy atom. The van der Waals surface area contributed by atoms with E-state index < -0.39 is 0 Å². The van der Waals surface area contributed by atoms with Crippen molar-refractivity contribution in [1.82, 2.24) is 4.90 Å². The van der Waals surface area contributed by atoms with Gasteiger partial charge in [0.05, 0.1) is 14.2 Å². The zero-order chi connectivity index (χ0) is 25.6. The Bertz CT molecular complexity index is 1250. The predicted octanol–water partition coefficient (Wildman–Crippen LogP) is 6.31. The minimum absolute atomic E-state index is 0.0248. The van der Waals surface area contributed by atoms with Crippen LogP contribution in [-0.2, 0) is 6.42 Å². The third-order valence-corrected chi connectivity index (χ3v) is 7.43. The number of allylic oxidation sites excluding steroid dienone is 2. The fraction of sp³-hybridized carbons (Fsp3) is 0.344. The fourth-order valence-electron chi connectivity index (χ4n) is 5.36. The van der Waals surface area contributed by atoms with Gasteiger partial charge in [-0.3, -0.25) is 9.69 Å². The largest absolute Gasteiger partial charge is 0.497 e. The number of aryl methyl sites for hydroxylation is 1. The lowest BCUT2D eigenvalue weighted by Gasteiger charge is -2.26. The summed E-state index contributed by atoms with van der Waals surface area (Å²) in [5.41, 5.74) is 5.64. The van der Waals surface area contributed by atoms with Crippen LogP contribution in [0.15, 0.2) is 66.7 Å². The molecule has 0 atom stereocenters. The molecule has 5 heteroatoms. The van der Waals surface area contributed by atoms with Crippen LogP contribution in [0.3, 0.4) is 0 Å². The number of carbonyl (C=O) groups excluding carboxylic acids is 1. The average Bonchev–Trinajstić information content (AvgIpc) is 2.97. The summed E-state index contributed by atoms with van der Waals surface area (Å²) in [5, 5.41) is 0. The van der Waals surface area contributed by atoms with E-state index in [1.807, 2.05) is 66.7 Å². The van der Waals surface area contributed by atoms with E-state index in [0.29, 0.717) is 12.2 Å². The van der Waals surface area contributed by atoms with Crippen molar-refractivity contribution in [3.05, 3.63) is 89.0 Å². The van der Waals surface area contributed by atoms with Crippen molar-refractivity contribution in [3.63, 3.8) is 0 Å². The van der Waals surface area contributed by atoms with Gasteiger partial charge in [-0.25, -0.2) is 0 Å². The molecule has 0 amide bonds. The third kappa shape index (κ3) is 5.72. The van der Waals surface area contributed by atoms with Crippen LogP contribution < -0.4 is 14.2 Å². The highest BCUT2D eigenvalue weighted by Gasteiger charge is 2.26. The van der Waals surface area contributed by atoms with Crippen molar-refractivity contribution in [2.75, 3.05) is 40.5 Å². The summed E-state index contributed by atoms with van der Waals surface area (Å²) in [6.07, 6.45) is 5.53. The first kappa shape index (κ1) is 25.1. The first-order valence-electron chi connectivity index (χ1n) is 13.2.